The van der Waals surface area contributed by atoms with Crippen LogP contribution in [0.3, 0.4) is 0 Å². The number of nitrogens with one attached hydrogen (secondary N) is 1. The minimum absolute atomic E-state index is 0.108. The highest BCUT2D eigenvalue weighted by Crippen LogP contribution is 2.61. The SMILES string of the molecule is COc1c(CN2O[C@@H](CN)[C@H]([C@H](C)O)[C@H]2C(=O)N[C@H]2C[C@H]3C[C@H]([C@@H]2C)C3(C)C)cccc1-c1cc(CN)cc(N(C)C)c1. The number of aliphatic hydroxyl groups is 1. The van der Waals surface area contributed by atoms with Crippen LogP contribution in [-0.4, -0.2) is 68.1 Å². The Morgan fingerprint density at radius 1 is 1.23 bits per heavy atom. The molecule has 1 saturated heterocycles. The van der Waals surface area contributed by atoms with E-state index in [2.05, 4.69) is 49.2 Å². The minimum Gasteiger partial charge on any atom is -0.496 e. The van der Waals surface area contributed by atoms with Crippen molar-refractivity contribution in [1.82, 2.24) is 10.4 Å². The molecule has 2 aromatic carbocycles. The standard InChI is InChI=1S/C34H51N5O4/c1-19-27-14-24(34(27,3)4)15-28(19)37-33(41)31-30(20(2)40)29(17-36)43-39(31)18-22-9-8-10-26(32(22)42-7)23-11-21(16-35)12-25(13-23)38(5)6/h8-13,19-20,24,27-31,40H,14-18,35-36H2,1-7H3,(H,37,41)/t19-,20-,24+,27+,28-,29-,30-,31-/m0/s1. The smallest absolute Gasteiger partial charge is 0.240 e. The third kappa shape index (κ3) is 5.78. The second-order valence-electron chi connectivity index (χ2n) is 13.8. The van der Waals surface area contributed by atoms with Gasteiger partial charge in [-0.05, 0) is 72.3 Å². The van der Waals surface area contributed by atoms with E-state index in [4.69, 9.17) is 21.0 Å². The van der Waals surface area contributed by atoms with Crippen molar-refractivity contribution in [3.05, 3.63) is 47.5 Å². The first-order valence-corrected chi connectivity index (χ1v) is 15.7. The van der Waals surface area contributed by atoms with E-state index < -0.39 is 24.2 Å². The number of amides is 1. The molecule has 3 aliphatic carbocycles. The van der Waals surface area contributed by atoms with Crippen molar-refractivity contribution in [2.45, 2.75) is 77.9 Å². The Morgan fingerprint density at radius 2 is 1.98 bits per heavy atom. The number of carbonyl (C=O) groups is 1. The van der Waals surface area contributed by atoms with Gasteiger partial charge in [-0.2, -0.15) is 5.06 Å². The van der Waals surface area contributed by atoms with Gasteiger partial charge in [0.25, 0.3) is 0 Å². The monoisotopic (exact) mass is 593 g/mol. The maximum Gasteiger partial charge on any atom is 0.240 e. The Kier molecular flexibility index (Phi) is 9.12. The number of aliphatic hydroxyl groups excluding tert-OH is 1. The molecule has 2 bridgehead atoms. The Morgan fingerprint density at radius 3 is 2.56 bits per heavy atom. The molecular formula is C34H51N5O4. The molecule has 2 aromatic rings. The average molecular weight is 594 g/mol. The number of methoxy groups -OCH3 is 1. The Balaban J connectivity index is 1.45. The molecule has 3 saturated carbocycles. The van der Waals surface area contributed by atoms with Crippen molar-refractivity contribution < 1.29 is 19.5 Å². The number of nitrogens with two attached hydrogens (primary N) is 2. The number of hydroxylamine groups is 2. The number of para-hydroxylation sites is 1. The summed E-state index contributed by atoms with van der Waals surface area (Å²) in [6, 6.07) is 11.7. The van der Waals surface area contributed by atoms with Crippen LogP contribution in [0.25, 0.3) is 11.1 Å². The van der Waals surface area contributed by atoms with E-state index >= 15 is 0 Å². The lowest BCUT2D eigenvalue weighted by molar-refractivity contribution is -0.175. The van der Waals surface area contributed by atoms with Crippen LogP contribution >= 0.6 is 0 Å². The highest BCUT2D eigenvalue weighted by Gasteiger charge is 2.57. The number of benzene rings is 2. The van der Waals surface area contributed by atoms with Crippen molar-refractivity contribution in [3.8, 4) is 16.9 Å². The van der Waals surface area contributed by atoms with E-state index in [-0.39, 0.29) is 18.5 Å². The maximum atomic E-state index is 14.1. The highest BCUT2D eigenvalue weighted by atomic mass is 16.7. The fourth-order valence-electron chi connectivity index (χ4n) is 8.08. The summed E-state index contributed by atoms with van der Waals surface area (Å²) in [6.45, 7) is 9.62. The molecule has 0 unspecified atom stereocenters. The molecule has 1 aliphatic heterocycles. The van der Waals surface area contributed by atoms with Crippen LogP contribution in [0.4, 0.5) is 5.69 Å². The summed E-state index contributed by atoms with van der Waals surface area (Å²) in [5.41, 5.74) is 17.4. The molecular weight excluding hydrogens is 542 g/mol. The molecule has 236 valence electrons. The summed E-state index contributed by atoms with van der Waals surface area (Å²) in [5, 5.41) is 16.0. The van der Waals surface area contributed by atoms with Gasteiger partial charge in [-0.15, -0.1) is 0 Å². The fraction of sp³-hybridized carbons (Fsp3) is 0.618. The van der Waals surface area contributed by atoms with Gasteiger partial charge in [-0.1, -0.05) is 39.0 Å². The molecule has 9 nitrogen and oxygen atoms in total. The third-order valence-electron chi connectivity index (χ3n) is 10.8. The molecule has 6 rings (SSSR count). The van der Waals surface area contributed by atoms with Crippen LogP contribution in [0.2, 0.25) is 0 Å². The average Bonchev–Trinajstić information content (AvgIpc) is 3.36. The molecule has 43 heavy (non-hydrogen) atoms. The Bertz CT molecular complexity index is 1310. The van der Waals surface area contributed by atoms with Gasteiger partial charge >= 0.3 is 0 Å². The number of fused-ring (bicyclic) bond motifs is 2. The lowest BCUT2D eigenvalue weighted by atomic mass is 9.45. The van der Waals surface area contributed by atoms with E-state index in [9.17, 15) is 9.90 Å². The molecule has 4 aliphatic rings. The predicted molar refractivity (Wildman–Crippen MR) is 170 cm³/mol. The number of anilines is 1. The van der Waals surface area contributed by atoms with Crippen molar-refractivity contribution in [1.29, 1.82) is 0 Å². The number of carbonyl (C=O) groups excluding carboxylic acids is 1. The first kappa shape index (κ1) is 31.7. The van der Waals surface area contributed by atoms with Gasteiger partial charge < -0.3 is 31.5 Å². The molecule has 0 radical (unpaired) electrons. The number of rotatable bonds is 10. The van der Waals surface area contributed by atoms with Crippen LogP contribution in [0.15, 0.2) is 36.4 Å². The summed E-state index contributed by atoms with van der Waals surface area (Å²) in [7, 11) is 5.68. The van der Waals surface area contributed by atoms with Crippen molar-refractivity contribution in [3.63, 3.8) is 0 Å². The molecule has 9 heteroatoms. The van der Waals surface area contributed by atoms with E-state index in [0.29, 0.717) is 42.0 Å². The van der Waals surface area contributed by atoms with Gasteiger partial charge in [0.1, 0.15) is 11.8 Å². The molecule has 1 heterocycles. The first-order chi connectivity index (χ1) is 20.4. The van der Waals surface area contributed by atoms with Crippen LogP contribution in [0, 0.1) is 29.1 Å². The fourth-order valence-corrected chi connectivity index (χ4v) is 8.08. The van der Waals surface area contributed by atoms with Gasteiger partial charge in [-0.25, -0.2) is 0 Å². The van der Waals surface area contributed by atoms with Gasteiger partial charge in [0.05, 0.1) is 25.9 Å². The second kappa shape index (κ2) is 12.4. The normalized spacial score (nSPS) is 30.4. The van der Waals surface area contributed by atoms with E-state index in [1.807, 2.05) is 32.3 Å². The quantitative estimate of drug-likeness (QED) is 0.330. The topological polar surface area (TPSA) is 126 Å². The van der Waals surface area contributed by atoms with Crippen LogP contribution in [-0.2, 0) is 22.7 Å². The zero-order chi connectivity index (χ0) is 31.2. The highest BCUT2D eigenvalue weighted by molar-refractivity contribution is 5.83. The zero-order valence-corrected chi connectivity index (χ0v) is 26.8. The number of ether oxygens (including phenoxy) is 1. The maximum absolute atomic E-state index is 14.1. The molecule has 1 amide bonds. The van der Waals surface area contributed by atoms with Crippen molar-refractivity contribution in [2.24, 2.45) is 40.6 Å². The summed E-state index contributed by atoms with van der Waals surface area (Å²) in [5.74, 6) is 1.75. The molecule has 4 fully saturated rings. The molecule has 0 aromatic heterocycles. The van der Waals surface area contributed by atoms with Gasteiger partial charge in [0, 0.05) is 56.0 Å². The lowest BCUT2D eigenvalue weighted by Crippen LogP contribution is -2.62. The van der Waals surface area contributed by atoms with Gasteiger partial charge in [0.2, 0.25) is 5.91 Å². The largest absolute Gasteiger partial charge is 0.496 e. The Hall–Kier alpha value is -2.69. The molecule has 6 N–H and O–H groups in total. The number of hydrogen-bond acceptors (Lipinski definition) is 8. The number of nitrogens with zero attached hydrogens (tertiary/aromatic N) is 2. The summed E-state index contributed by atoms with van der Waals surface area (Å²) in [4.78, 5) is 22.5. The first-order valence-electron chi connectivity index (χ1n) is 15.7. The molecule has 0 spiro atoms. The van der Waals surface area contributed by atoms with Crippen LogP contribution in [0.1, 0.15) is 51.7 Å². The van der Waals surface area contributed by atoms with Crippen molar-refractivity contribution in [2.75, 3.05) is 32.6 Å². The summed E-state index contributed by atoms with van der Waals surface area (Å²) < 4.78 is 6.01. The summed E-state index contributed by atoms with van der Waals surface area (Å²) in [6.07, 6.45) is 0.966. The minimum atomic E-state index is -0.776. The predicted octanol–water partition coefficient (Wildman–Crippen LogP) is 3.51. The van der Waals surface area contributed by atoms with E-state index in [0.717, 1.165) is 34.4 Å². The Labute approximate surface area is 256 Å². The summed E-state index contributed by atoms with van der Waals surface area (Å²) >= 11 is 0. The lowest BCUT2D eigenvalue weighted by Gasteiger charge is -2.62. The van der Waals surface area contributed by atoms with E-state index in [1.54, 1.807) is 19.1 Å². The van der Waals surface area contributed by atoms with Gasteiger partial charge in [0.15, 0.2) is 0 Å². The molecule has 8 atom stereocenters. The van der Waals surface area contributed by atoms with Gasteiger partial charge in [-0.3, -0.25) is 9.63 Å². The van der Waals surface area contributed by atoms with Crippen LogP contribution in [0.5, 0.6) is 5.75 Å². The van der Waals surface area contributed by atoms with Crippen molar-refractivity contribution >= 4 is 11.6 Å². The van der Waals surface area contributed by atoms with Crippen LogP contribution < -0.4 is 26.4 Å². The number of hydrogen-bond donors (Lipinski definition) is 4. The van der Waals surface area contributed by atoms with E-state index in [1.165, 1.54) is 6.42 Å². The second-order valence-corrected chi connectivity index (χ2v) is 13.8. The zero-order valence-electron chi connectivity index (χ0n) is 26.8. The third-order valence-corrected chi connectivity index (χ3v) is 10.8.